The molecule has 4 aromatic carbocycles. The molecule has 0 saturated carbocycles. The number of halogens is 41. The van der Waals surface area contributed by atoms with Gasteiger partial charge in [-0.15, -0.1) is 0 Å². The minimum Gasteiger partial charge on any atom is -0.353 e. The van der Waals surface area contributed by atoms with Crippen molar-refractivity contribution in [3.8, 4) is 44.5 Å². The predicted molar refractivity (Wildman–Crippen MR) is 235 cm³/mol. The second-order valence-electron chi connectivity index (χ2n) is 19.0. The van der Waals surface area contributed by atoms with E-state index < -0.39 is 294 Å². The van der Waals surface area contributed by atoms with Gasteiger partial charge in [-0.1, -0.05) is 0 Å². The standard InChI is InChI=1S/C51H3F41N4/c52-18-5(19(53)27(61)34(68)26(18)60)4-3-1-2(45(72,73)74)38(93-3)9(6-20(54)28(62)35(69)29(63)21(6)55)40-14(48(81,82)83)15(49(84,85)86)42(95-40)11(8-24(58)32(66)37(71)33(67)25(8)59)44-17(51(90,91)92)16(50(87,88)89)43(96-44)10(7-22(56)30(64)36(70)31(65)23(7)57)41-13(47(78,79)80)12(39(4)94-41)46(75,76)77/h1,94-95H. The van der Waals surface area contributed by atoms with Crippen molar-refractivity contribution in [2.45, 2.75) is 43.2 Å². The molecule has 5 heterocycles. The van der Waals surface area contributed by atoms with Crippen LogP contribution in [0.1, 0.15) is 45.0 Å². The number of hydrogen-bond donors (Lipinski definition) is 2. The molecule has 0 unspecified atom stereocenters. The Morgan fingerprint density at radius 3 is 0.615 bits per heavy atom. The van der Waals surface area contributed by atoms with E-state index in [0.29, 0.717) is 0 Å². The zero-order chi connectivity index (χ0) is 72.9. The number of nitrogens with zero attached hydrogens (tertiary/aromatic N) is 2. The van der Waals surface area contributed by atoms with E-state index in [-0.39, 0.29) is 9.97 Å². The topological polar surface area (TPSA) is 57.4 Å². The number of rotatable bonds is 4. The predicted octanol–water partition coefficient (Wildman–Crippen LogP) is 21.0. The third-order valence-corrected chi connectivity index (χ3v) is 13.5. The summed E-state index contributed by atoms with van der Waals surface area (Å²) in [5, 5.41) is 0. The Bertz CT molecular complexity index is 4740. The Labute approximate surface area is 493 Å². The largest absolute Gasteiger partial charge is 0.419 e. The van der Waals surface area contributed by atoms with Gasteiger partial charge in [0.25, 0.3) is 0 Å². The smallest absolute Gasteiger partial charge is 0.353 e. The Morgan fingerprint density at radius 2 is 0.406 bits per heavy atom. The van der Waals surface area contributed by atoms with Crippen LogP contribution in [-0.2, 0) is 24.7 Å². The molecule has 2 aliphatic heterocycles. The summed E-state index contributed by atoms with van der Waals surface area (Å²) < 4.78 is 648. The van der Waals surface area contributed by atoms with Gasteiger partial charge in [0.05, 0.1) is 106 Å². The molecule has 45 heteroatoms. The summed E-state index contributed by atoms with van der Waals surface area (Å²) in [4.78, 5) is 4.73. The molecule has 0 saturated heterocycles. The van der Waals surface area contributed by atoms with Crippen molar-refractivity contribution in [3.05, 3.63) is 161 Å². The summed E-state index contributed by atoms with van der Waals surface area (Å²) in [5.41, 5.74) is -95.7. The van der Waals surface area contributed by atoms with Gasteiger partial charge < -0.3 is 9.97 Å². The zero-order valence-corrected chi connectivity index (χ0v) is 43.0. The zero-order valence-electron chi connectivity index (χ0n) is 43.0. The van der Waals surface area contributed by atoms with Crippen LogP contribution in [0.15, 0.2) is 0 Å². The van der Waals surface area contributed by atoms with E-state index in [0.717, 1.165) is 0 Å². The SMILES string of the molecule is Fc1c(F)c(F)c(-c2c3nc(c(-c4c(F)c(F)c(F)c(F)c4F)c4[nH]c(c(-c5c(F)c(F)c(F)c(F)c5F)c5nc(c(-c6c(F)c(F)c(F)c(F)c6F)c6[nH]c2c(C(F)(F)F)c6C(F)(F)F)C(C(F)(F)F)=C5C(F)(F)F)c(C(F)(F)F)c4C(F)(F)F)C(C(F)(F)F)=C3)c(F)c1F. The van der Waals surface area contributed by atoms with Crippen LogP contribution in [-0.4, -0.2) is 38.5 Å². The van der Waals surface area contributed by atoms with Crippen LogP contribution < -0.4 is 0 Å². The fourth-order valence-corrected chi connectivity index (χ4v) is 9.97. The first-order valence-corrected chi connectivity index (χ1v) is 23.5. The highest BCUT2D eigenvalue weighted by Crippen LogP contribution is 2.60. The van der Waals surface area contributed by atoms with Crippen LogP contribution in [0, 0.1) is 116 Å². The lowest BCUT2D eigenvalue weighted by Gasteiger charge is -2.19. The molecule has 2 N–H and O–H groups in total. The molecular weight excluding hydrogens is 1450 g/mol. The highest BCUT2D eigenvalue weighted by molar-refractivity contribution is 6.10. The number of alkyl halides is 21. The molecule has 0 fully saturated rings. The van der Waals surface area contributed by atoms with Gasteiger partial charge in [0.2, 0.25) is 23.3 Å². The number of aromatic amines is 2. The van der Waals surface area contributed by atoms with E-state index in [2.05, 4.69) is 9.97 Å². The van der Waals surface area contributed by atoms with Gasteiger partial charge in [-0.2, -0.15) is 92.2 Å². The number of hydrogen-bond acceptors (Lipinski definition) is 2. The lowest BCUT2D eigenvalue weighted by atomic mass is 9.91. The lowest BCUT2D eigenvalue weighted by molar-refractivity contribution is -0.159. The fraction of sp³-hybridized carbons (Fsp3) is 0.137. The summed E-state index contributed by atoms with van der Waals surface area (Å²) >= 11 is 0. The van der Waals surface area contributed by atoms with Crippen LogP contribution in [0.4, 0.5) is 180 Å². The second-order valence-corrected chi connectivity index (χ2v) is 19.0. The molecule has 0 amide bonds. The highest BCUT2D eigenvalue weighted by Gasteiger charge is 2.57. The van der Waals surface area contributed by atoms with Gasteiger partial charge >= 0.3 is 43.2 Å². The highest BCUT2D eigenvalue weighted by atomic mass is 19.4. The third-order valence-electron chi connectivity index (χ3n) is 13.5. The van der Waals surface area contributed by atoms with Crippen molar-refractivity contribution >= 4 is 44.9 Å². The van der Waals surface area contributed by atoms with Gasteiger partial charge in [-0.3, -0.25) is 0 Å². The van der Waals surface area contributed by atoms with Gasteiger partial charge in [0.15, 0.2) is 93.1 Å². The summed E-state index contributed by atoms with van der Waals surface area (Å²) in [6.07, 6.45) is -56.2. The van der Waals surface area contributed by atoms with Crippen molar-refractivity contribution < 1.29 is 180 Å². The van der Waals surface area contributed by atoms with E-state index in [1.54, 1.807) is 0 Å². The minimum absolute atomic E-state index is 0.102. The molecular formula is C51H3F41N4. The molecule has 4 nitrogen and oxygen atoms in total. The Kier molecular flexibility index (Phi) is 16.3. The number of nitrogens with one attached hydrogen (secondary N) is 2. The van der Waals surface area contributed by atoms with E-state index >= 15 is 162 Å². The van der Waals surface area contributed by atoms with Crippen LogP contribution in [0.5, 0.6) is 0 Å². The maximum atomic E-state index is 16.5. The molecule has 0 aliphatic carbocycles. The van der Waals surface area contributed by atoms with E-state index in [9.17, 15) is 17.6 Å². The van der Waals surface area contributed by atoms with Crippen LogP contribution in [0.2, 0.25) is 0 Å². The van der Waals surface area contributed by atoms with E-state index in [1.807, 2.05) is 0 Å². The average Bonchev–Trinajstić information content (AvgIpc) is 1.53. The molecule has 514 valence electrons. The molecule has 0 spiro atoms. The summed E-state index contributed by atoms with van der Waals surface area (Å²) in [5.74, 6) is -79.9. The van der Waals surface area contributed by atoms with Crippen LogP contribution >= 0.6 is 0 Å². The Hall–Kier alpha value is -9.39. The van der Waals surface area contributed by atoms with Crippen molar-refractivity contribution in [2.75, 3.05) is 0 Å². The average molecular weight is 1450 g/mol. The first-order chi connectivity index (χ1) is 43.5. The molecule has 0 atom stereocenters. The van der Waals surface area contributed by atoms with Gasteiger partial charge in [0, 0.05) is 22.3 Å². The number of aromatic nitrogens is 4. The van der Waals surface area contributed by atoms with E-state index in [1.165, 1.54) is 0 Å². The minimum atomic E-state index is -7.97. The van der Waals surface area contributed by atoms with Gasteiger partial charge in [-0.25, -0.2) is 97.8 Å². The monoisotopic (exact) mass is 1450 g/mol. The molecule has 2 aliphatic rings. The summed E-state index contributed by atoms with van der Waals surface area (Å²) in [6.45, 7) is 0. The van der Waals surface area contributed by atoms with Crippen molar-refractivity contribution in [3.63, 3.8) is 0 Å². The van der Waals surface area contributed by atoms with Gasteiger partial charge in [0.1, 0.15) is 0 Å². The maximum Gasteiger partial charge on any atom is 0.419 e. The van der Waals surface area contributed by atoms with Crippen molar-refractivity contribution in [1.29, 1.82) is 0 Å². The number of H-pyrrole nitrogens is 2. The maximum absolute atomic E-state index is 16.5. The third kappa shape index (κ3) is 10.6. The van der Waals surface area contributed by atoms with Gasteiger partial charge in [-0.05, 0) is 6.08 Å². The molecule has 8 bridgehead atoms. The first-order valence-electron chi connectivity index (χ1n) is 23.5. The fourth-order valence-electron chi connectivity index (χ4n) is 9.97. The Balaban J connectivity index is 2.00. The van der Waals surface area contributed by atoms with Crippen molar-refractivity contribution in [2.24, 2.45) is 0 Å². The summed E-state index contributed by atoms with van der Waals surface area (Å²) in [7, 11) is 0. The molecule has 9 rings (SSSR count). The Morgan fingerprint density at radius 1 is 0.208 bits per heavy atom. The summed E-state index contributed by atoms with van der Waals surface area (Å²) in [6, 6.07) is 0. The quantitative estimate of drug-likeness (QED) is 0.105. The van der Waals surface area contributed by atoms with Crippen LogP contribution in [0.3, 0.4) is 0 Å². The number of benzene rings is 4. The first kappa shape index (κ1) is 70.9. The normalized spacial score (nSPS) is 13.9. The van der Waals surface area contributed by atoms with E-state index in [4.69, 9.17) is 0 Å². The molecule has 7 aromatic rings. The molecule has 3 aromatic heterocycles. The van der Waals surface area contributed by atoms with Crippen molar-refractivity contribution in [1.82, 2.24) is 19.9 Å². The lowest BCUT2D eigenvalue weighted by Crippen LogP contribution is -2.19. The van der Waals surface area contributed by atoms with Crippen LogP contribution in [0.25, 0.3) is 89.4 Å². The number of allylic oxidation sites excluding steroid dienone is 3. The second kappa shape index (κ2) is 22.1. The molecule has 96 heavy (non-hydrogen) atoms. The number of fused-ring (bicyclic) bond motifs is 8. The molecule has 0 radical (unpaired) electrons.